The van der Waals surface area contributed by atoms with E-state index in [9.17, 15) is 8.42 Å². The lowest BCUT2D eigenvalue weighted by atomic mass is 9.88. The fraction of sp³-hybridized carbons (Fsp3) is 0.565. The Hall–Kier alpha value is -3.35. The quantitative estimate of drug-likeness (QED) is 0.450. The van der Waals surface area contributed by atoms with Gasteiger partial charge in [-0.1, -0.05) is 26.2 Å². The first-order valence-electron chi connectivity index (χ1n) is 12.0. The van der Waals surface area contributed by atoms with E-state index in [1.165, 1.54) is 20.5 Å². The molecule has 1 N–H and O–H groups in total. The van der Waals surface area contributed by atoms with Gasteiger partial charge in [0.15, 0.2) is 5.69 Å². The third-order valence-electron chi connectivity index (χ3n) is 6.66. The molecule has 36 heavy (non-hydrogen) atoms. The standard InChI is InChI=1S/C23H32N8O4S/c1-14-11-24-19(25-12-14)15(2)16(3)36(32,33)30-23-29-28-20(17-9-7-6-8-10-17)31(23)18-21(34-4)26-13-27-22(18)35-5/h11-13,15-17H,6-10H2,1-5H3,(H,29,30)/t15-,16-/m0/s1. The summed E-state index contributed by atoms with van der Waals surface area (Å²) < 4.78 is 42.3. The van der Waals surface area contributed by atoms with Crippen LogP contribution in [0.4, 0.5) is 5.95 Å². The first-order valence-corrected chi connectivity index (χ1v) is 13.5. The summed E-state index contributed by atoms with van der Waals surface area (Å²) in [6.45, 7) is 5.28. The van der Waals surface area contributed by atoms with Crippen LogP contribution in [0.3, 0.4) is 0 Å². The number of rotatable bonds is 9. The molecule has 1 aliphatic carbocycles. The molecule has 0 bridgehead atoms. The van der Waals surface area contributed by atoms with Gasteiger partial charge in [0.25, 0.3) is 0 Å². The van der Waals surface area contributed by atoms with Gasteiger partial charge in [-0.2, -0.15) is 9.97 Å². The minimum absolute atomic E-state index is 0.0193. The highest BCUT2D eigenvalue weighted by molar-refractivity contribution is 7.93. The second kappa shape index (κ2) is 10.7. The zero-order valence-corrected chi connectivity index (χ0v) is 22.0. The van der Waals surface area contributed by atoms with Crippen LogP contribution in [0.15, 0.2) is 18.7 Å². The number of hydrogen-bond donors (Lipinski definition) is 1. The number of nitrogens with zero attached hydrogens (tertiary/aromatic N) is 7. The van der Waals surface area contributed by atoms with E-state index in [2.05, 4.69) is 34.9 Å². The smallest absolute Gasteiger partial charge is 0.245 e. The van der Waals surface area contributed by atoms with E-state index in [0.717, 1.165) is 37.7 Å². The second-order valence-electron chi connectivity index (χ2n) is 9.05. The largest absolute Gasteiger partial charge is 0.479 e. The summed E-state index contributed by atoms with van der Waals surface area (Å²) in [6, 6.07) is 0. The van der Waals surface area contributed by atoms with Gasteiger partial charge >= 0.3 is 0 Å². The Bertz CT molecular complexity index is 1270. The van der Waals surface area contributed by atoms with Gasteiger partial charge in [-0.15, -0.1) is 10.2 Å². The van der Waals surface area contributed by atoms with Gasteiger partial charge < -0.3 is 9.47 Å². The van der Waals surface area contributed by atoms with Crippen molar-refractivity contribution in [2.75, 3.05) is 18.9 Å². The number of methoxy groups -OCH3 is 2. The lowest BCUT2D eigenvalue weighted by Gasteiger charge is -2.24. The normalized spacial score (nSPS) is 16.4. The van der Waals surface area contributed by atoms with E-state index in [-0.39, 0.29) is 23.6 Å². The molecule has 0 aliphatic heterocycles. The molecule has 194 valence electrons. The highest BCUT2D eigenvalue weighted by Crippen LogP contribution is 2.38. The van der Waals surface area contributed by atoms with Crippen molar-refractivity contribution >= 4 is 16.0 Å². The molecule has 1 saturated carbocycles. The van der Waals surface area contributed by atoms with Gasteiger partial charge in [-0.05, 0) is 32.3 Å². The second-order valence-corrected chi connectivity index (χ2v) is 11.1. The average Bonchev–Trinajstić information content (AvgIpc) is 3.30. The zero-order valence-electron chi connectivity index (χ0n) is 21.2. The van der Waals surface area contributed by atoms with Crippen molar-refractivity contribution < 1.29 is 17.9 Å². The van der Waals surface area contributed by atoms with E-state index in [1.54, 1.807) is 30.8 Å². The minimum Gasteiger partial charge on any atom is -0.479 e. The molecule has 13 heteroatoms. The van der Waals surface area contributed by atoms with Gasteiger partial charge in [0.2, 0.25) is 27.7 Å². The van der Waals surface area contributed by atoms with Crippen LogP contribution in [0.5, 0.6) is 11.8 Å². The molecule has 0 amide bonds. The van der Waals surface area contributed by atoms with Crippen LogP contribution in [-0.4, -0.2) is 62.6 Å². The molecule has 1 fully saturated rings. The molecule has 4 rings (SSSR count). The van der Waals surface area contributed by atoms with Gasteiger partial charge in [-0.3, -0.25) is 9.29 Å². The van der Waals surface area contributed by atoms with E-state index in [0.29, 0.717) is 17.3 Å². The fourth-order valence-electron chi connectivity index (χ4n) is 4.38. The first-order chi connectivity index (χ1) is 17.3. The molecule has 0 unspecified atom stereocenters. The summed E-state index contributed by atoms with van der Waals surface area (Å²) >= 11 is 0. The molecule has 2 atom stereocenters. The number of hydrogen-bond acceptors (Lipinski definition) is 10. The van der Waals surface area contributed by atoms with Crippen molar-refractivity contribution in [3.63, 3.8) is 0 Å². The van der Waals surface area contributed by atoms with Crippen molar-refractivity contribution in [3.05, 3.63) is 35.9 Å². The van der Waals surface area contributed by atoms with Crippen molar-refractivity contribution in [3.8, 4) is 17.4 Å². The lowest BCUT2D eigenvalue weighted by molar-refractivity contribution is 0.365. The Balaban J connectivity index is 1.77. The predicted octanol–water partition coefficient (Wildman–Crippen LogP) is 3.15. The van der Waals surface area contributed by atoms with Crippen molar-refractivity contribution in [1.82, 2.24) is 34.7 Å². The number of ether oxygens (including phenoxy) is 2. The van der Waals surface area contributed by atoms with Crippen LogP contribution in [0.25, 0.3) is 5.69 Å². The van der Waals surface area contributed by atoms with Gasteiger partial charge in [-0.25, -0.2) is 18.4 Å². The van der Waals surface area contributed by atoms with E-state index < -0.39 is 21.2 Å². The summed E-state index contributed by atoms with van der Waals surface area (Å²) in [5, 5.41) is 7.81. The Morgan fingerprint density at radius 3 is 2.17 bits per heavy atom. The monoisotopic (exact) mass is 516 g/mol. The topological polar surface area (TPSA) is 147 Å². The molecule has 0 radical (unpaired) electrons. The van der Waals surface area contributed by atoms with E-state index >= 15 is 0 Å². The maximum absolute atomic E-state index is 13.5. The number of sulfonamides is 1. The molecule has 3 heterocycles. The maximum Gasteiger partial charge on any atom is 0.245 e. The molecule has 0 aromatic carbocycles. The van der Waals surface area contributed by atoms with Crippen molar-refractivity contribution in [2.24, 2.45) is 0 Å². The van der Waals surface area contributed by atoms with Crippen LogP contribution < -0.4 is 14.2 Å². The van der Waals surface area contributed by atoms with Crippen LogP contribution in [-0.2, 0) is 10.0 Å². The summed E-state index contributed by atoms with van der Waals surface area (Å²) in [6.07, 6.45) is 9.78. The number of nitrogens with one attached hydrogen (secondary N) is 1. The van der Waals surface area contributed by atoms with Crippen LogP contribution >= 0.6 is 0 Å². The number of aromatic nitrogens is 7. The highest BCUT2D eigenvalue weighted by Gasteiger charge is 2.34. The summed E-state index contributed by atoms with van der Waals surface area (Å²) in [7, 11) is -0.979. The molecule has 0 saturated heterocycles. The minimum atomic E-state index is -3.93. The molecular weight excluding hydrogens is 484 g/mol. The lowest BCUT2D eigenvalue weighted by Crippen LogP contribution is -2.31. The van der Waals surface area contributed by atoms with Gasteiger partial charge in [0.05, 0.1) is 19.5 Å². The Labute approximate surface area is 211 Å². The fourth-order valence-corrected chi connectivity index (χ4v) is 5.61. The molecule has 3 aromatic rings. The first kappa shape index (κ1) is 25.7. The van der Waals surface area contributed by atoms with E-state index in [4.69, 9.17) is 9.47 Å². The SMILES string of the molecule is COc1ncnc(OC)c1-n1c(NS(=O)(=O)[C@@H](C)[C@H](C)c2ncc(C)cn2)nnc1C1CCCCC1. The Morgan fingerprint density at radius 2 is 1.58 bits per heavy atom. The average molecular weight is 517 g/mol. The number of anilines is 1. The Kier molecular flexibility index (Phi) is 7.67. The molecule has 12 nitrogen and oxygen atoms in total. The zero-order chi connectivity index (χ0) is 25.9. The summed E-state index contributed by atoms with van der Waals surface area (Å²) in [5.41, 5.74) is 1.24. The molecule has 0 spiro atoms. The van der Waals surface area contributed by atoms with Gasteiger partial charge in [0, 0.05) is 24.2 Å². The summed E-state index contributed by atoms with van der Waals surface area (Å²) in [5.74, 6) is 1.13. The predicted molar refractivity (Wildman–Crippen MR) is 133 cm³/mol. The Morgan fingerprint density at radius 1 is 0.972 bits per heavy atom. The maximum atomic E-state index is 13.5. The third-order valence-corrected chi connectivity index (χ3v) is 8.51. The van der Waals surface area contributed by atoms with Crippen molar-refractivity contribution in [1.29, 1.82) is 0 Å². The highest BCUT2D eigenvalue weighted by atomic mass is 32.2. The van der Waals surface area contributed by atoms with Crippen LogP contribution in [0, 0.1) is 6.92 Å². The summed E-state index contributed by atoms with van der Waals surface area (Å²) in [4.78, 5) is 17.0. The molecular formula is C23H32N8O4S. The van der Waals surface area contributed by atoms with Crippen molar-refractivity contribution in [2.45, 2.75) is 70.0 Å². The van der Waals surface area contributed by atoms with Gasteiger partial charge in [0.1, 0.15) is 18.0 Å². The number of aryl methyl sites for hydroxylation is 1. The van der Waals surface area contributed by atoms with Crippen LogP contribution in [0.1, 0.15) is 75.0 Å². The third kappa shape index (κ3) is 5.11. The molecule has 3 aromatic heterocycles. The van der Waals surface area contributed by atoms with Crippen LogP contribution in [0.2, 0.25) is 0 Å². The van der Waals surface area contributed by atoms with E-state index in [1.807, 2.05) is 6.92 Å². The molecule has 1 aliphatic rings.